The zero-order valence-corrected chi connectivity index (χ0v) is 43.3. The van der Waals surface area contributed by atoms with Gasteiger partial charge < -0.3 is 20.3 Å². The summed E-state index contributed by atoms with van der Waals surface area (Å²) in [7, 11) is 0. The van der Waals surface area contributed by atoms with E-state index >= 15 is 0 Å². The molecule has 0 aromatic rings. The SMILES string of the molecule is CCCCCCCCCCCCCCCCCCCCCC(=O)OCCCCCCCCCCC/C=C\CCCCCCCC(=O)NC(CO)C(O)CCCCCCCCCCCC. The van der Waals surface area contributed by atoms with Crippen LogP contribution in [0.5, 0.6) is 0 Å². The van der Waals surface area contributed by atoms with Gasteiger partial charge in [0, 0.05) is 12.8 Å². The Kier molecular flexibility index (Phi) is 53.0. The first-order chi connectivity index (χ1) is 31.5. The molecular formula is C58H113NO5. The average molecular weight is 905 g/mol. The van der Waals surface area contributed by atoms with Gasteiger partial charge in [-0.1, -0.05) is 270 Å². The van der Waals surface area contributed by atoms with Crippen LogP contribution in [0.15, 0.2) is 12.2 Å². The van der Waals surface area contributed by atoms with E-state index in [9.17, 15) is 19.8 Å². The number of aliphatic hydroxyl groups is 2. The number of carbonyl (C=O) groups excluding carboxylic acids is 2. The summed E-state index contributed by atoms with van der Waals surface area (Å²) in [5.41, 5.74) is 0. The number of rotatable bonds is 54. The molecule has 3 N–H and O–H groups in total. The third kappa shape index (κ3) is 50.0. The number of carbonyl (C=O) groups is 2. The van der Waals surface area contributed by atoms with Crippen LogP contribution in [-0.2, 0) is 14.3 Å². The quantitative estimate of drug-likeness (QED) is 0.0321. The molecule has 2 unspecified atom stereocenters. The van der Waals surface area contributed by atoms with Crippen molar-refractivity contribution >= 4 is 11.9 Å². The molecule has 0 rings (SSSR count). The lowest BCUT2D eigenvalue weighted by Crippen LogP contribution is -2.45. The number of amides is 1. The van der Waals surface area contributed by atoms with E-state index in [1.165, 1.54) is 238 Å². The zero-order valence-electron chi connectivity index (χ0n) is 43.3. The Balaban J connectivity index is 3.39. The number of hydrogen-bond acceptors (Lipinski definition) is 5. The molecule has 0 bridgehead atoms. The molecule has 6 nitrogen and oxygen atoms in total. The molecule has 64 heavy (non-hydrogen) atoms. The minimum atomic E-state index is -0.670. The van der Waals surface area contributed by atoms with E-state index in [4.69, 9.17) is 4.74 Å². The van der Waals surface area contributed by atoms with E-state index in [-0.39, 0.29) is 18.5 Å². The summed E-state index contributed by atoms with van der Waals surface area (Å²) in [5, 5.41) is 23.1. The van der Waals surface area contributed by atoms with Gasteiger partial charge >= 0.3 is 5.97 Å². The number of esters is 1. The van der Waals surface area contributed by atoms with Crippen LogP contribution in [0.3, 0.4) is 0 Å². The van der Waals surface area contributed by atoms with Crippen LogP contribution in [0.2, 0.25) is 0 Å². The van der Waals surface area contributed by atoms with Gasteiger partial charge in [-0.2, -0.15) is 0 Å². The molecule has 6 heteroatoms. The Labute approximate surface area is 399 Å². The lowest BCUT2D eigenvalue weighted by molar-refractivity contribution is -0.143. The normalized spacial score (nSPS) is 12.6. The van der Waals surface area contributed by atoms with Crippen molar-refractivity contribution in [2.24, 2.45) is 0 Å². The van der Waals surface area contributed by atoms with E-state index in [2.05, 4.69) is 31.3 Å². The topological polar surface area (TPSA) is 95.9 Å². The van der Waals surface area contributed by atoms with Crippen LogP contribution < -0.4 is 5.32 Å². The summed E-state index contributed by atoms with van der Waals surface area (Å²) in [4.78, 5) is 24.5. The highest BCUT2D eigenvalue weighted by Crippen LogP contribution is 2.17. The average Bonchev–Trinajstić information content (AvgIpc) is 3.29. The molecule has 0 aliphatic rings. The summed E-state index contributed by atoms with van der Waals surface area (Å²) in [5.74, 6) is -0.0420. The van der Waals surface area contributed by atoms with E-state index in [1.54, 1.807) is 0 Å². The van der Waals surface area contributed by atoms with Crippen LogP contribution >= 0.6 is 0 Å². The minimum absolute atomic E-state index is 0.00798. The Morgan fingerprint density at radius 1 is 0.422 bits per heavy atom. The van der Waals surface area contributed by atoms with Crippen LogP contribution in [0.1, 0.15) is 322 Å². The van der Waals surface area contributed by atoms with Crippen LogP contribution in [-0.4, -0.2) is 47.4 Å². The summed E-state index contributed by atoms with van der Waals surface area (Å²) >= 11 is 0. The first-order valence-corrected chi connectivity index (χ1v) is 28.9. The van der Waals surface area contributed by atoms with Gasteiger partial charge in [-0.15, -0.1) is 0 Å². The van der Waals surface area contributed by atoms with Crippen LogP contribution in [0.4, 0.5) is 0 Å². The van der Waals surface area contributed by atoms with Crippen molar-refractivity contribution in [2.45, 2.75) is 334 Å². The molecule has 0 aliphatic carbocycles. The van der Waals surface area contributed by atoms with Gasteiger partial charge in [0.05, 0.1) is 25.4 Å². The van der Waals surface area contributed by atoms with Crippen molar-refractivity contribution < 1.29 is 24.5 Å². The second kappa shape index (κ2) is 54.2. The van der Waals surface area contributed by atoms with Gasteiger partial charge in [-0.05, 0) is 51.4 Å². The van der Waals surface area contributed by atoms with Crippen molar-refractivity contribution in [3.8, 4) is 0 Å². The van der Waals surface area contributed by atoms with Crippen LogP contribution in [0.25, 0.3) is 0 Å². The third-order valence-electron chi connectivity index (χ3n) is 13.6. The zero-order chi connectivity index (χ0) is 46.5. The number of ether oxygens (including phenoxy) is 1. The predicted octanol–water partition coefficient (Wildman–Crippen LogP) is 17.7. The van der Waals surface area contributed by atoms with Gasteiger partial charge in [-0.3, -0.25) is 9.59 Å². The van der Waals surface area contributed by atoms with Gasteiger partial charge in [0.15, 0.2) is 0 Å². The fourth-order valence-electron chi connectivity index (χ4n) is 9.11. The Morgan fingerprint density at radius 3 is 1.11 bits per heavy atom. The minimum Gasteiger partial charge on any atom is -0.466 e. The molecule has 0 spiro atoms. The second-order valence-corrected chi connectivity index (χ2v) is 20.0. The maximum atomic E-state index is 12.4. The Morgan fingerprint density at radius 2 is 0.734 bits per heavy atom. The van der Waals surface area contributed by atoms with E-state index < -0.39 is 12.1 Å². The first kappa shape index (κ1) is 62.6. The van der Waals surface area contributed by atoms with Gasteiger partial charge in [-0.25, -0.2) is 0 Å². The number of hydrogen-bond donors (Lipinski definition) is 3. The molecule has 380 valence electrons. The molecule has 0 saturated carbocycles. The third-order valence-corrected chi connectivity index (χ3v) is 13.6. The summed E-state index contributed by atoms with van der Waals surface area (Å²) in [6, 6.07) is -0.549. The Hall–Kier alpha value is -1.40. The second-order valence-electron chi connectivity index (χ2n) is 20.0. The maximum absolute atomic E-state index is 12.4. The molecule has 0 aromatic carbocycles. The first-order valence-electron chi connectivity index (χ1n) is 28.9. The molecule has 0 heterocycles. The highest BCUT2D eigenvalue weighted by molar-refractivity contribution is 5.76. The number of aliphatic hydroxyl groups excluding tert-OH is 2. The highest BCUT2D eigenvalue weighted by Gasteiger charge is 2.20. The lowest BCUT2D eigenvalue weighted by atomic mass is 10.0. The van der Waals surface area contributed by atoms with Gasteiger partial charge in [0.25, 0.3) is 0 Å². The molecule has 0 radical (unpaired) electrons. The lowest BCUT2D eigenvalue weighted by Gasteiger charge is -2.22. The summed E-state index contributed by atoms with van der Waals surface area (Å²) < 4.78 is 5.49. The van der Waals surface area contributed by atoms with Gasteiger partial charge in [0.1, 0.15) is 0 Å². The van der Waals surface area contributed by atoms with Crippen molar-refractivity contribution in [1.29, 1.82) is 0 Å². The standard InChI is InChI=1S/C58H113NO5/c1-3-5-7-9-11-13-15-16-17-18-19-23-26-29-32-36-40-44-48-52-58(63)64-53-49-45-41-37-33-30-27-24-21-20-22-25-28-31-35-39-43-47-51-57(62)59-55(54-60)56(61)50-46-42-38-34-14-12-10-8-6-4-2/h22,25,55-56,60-61H,3-21,23-24,26-54H2,1-2H3,(H,59,62)/b25-22-. The van der Waals surface area contributed by atoms with Crippen molar-refractivity contribution in [1.82, 2.24) is 5.32 Å². The van der Waals surface area contributed by atoms with Crippen molar-refractivity contribution in [3.63, 3.8) is 0 Å². The molecule has 0 fully saturated rings. The molecule has 0 aliphatic heterocycles. The Bertz CT molecular complexity index is 955. The number of nitrogens with one attached hydrogen (secondary N) is 1. The summed E-state index contributed by atoms with van der Waals surface area (Å²) in [6.45, 7) is 4.94. The predicted molar refractivity (Wildman–Crippen MR) is 278 cm³/mol. The monoisotopic (exact) mass is 904 g/mol. The highest BCUT2D eigenvalue weighted by atomic mass is 16.5. The number of unbranched alkanes of at least 4 members (excludes halogenated alkanes) is 41. The molecular weight excluding hydrogens is 791 g/mol. The van der Waals surface area contributed by atoms with Crippen LogP contribution in [0, 0.1) is 0 Å². The van der Waals surface area contributed by atoms with Crippen molar-refractivity contribution in [3.05, 3.63) is 12.2 Å². The van der Waals surface area contributed by atoms with Gasteiger partial charge in [0.2, 0.25) is 5.91 Å². The van der Waals surface area contributed by atoms with E-state index in [1.807, 2.05) is 0 Å². The largest absolute Gasteiger partial charge is 0.466 e. The molecule has 1 amide bonds. The fraction of sp³-hybridized carbons (Fsp3) is 0.931. The number of allylic oxidation sites excluding steroid dienone is 2. The molecule has 0 saturated heterocycles. The molecule has 0 aromatic heterocycles. The molecule has 2 atom stereocenters. The van der Waals surface area contributed by atoms with Crippen molar-refractivity contribution in [2.75, 3.05) is 13.2 Å². The summed E-state index contributed by atoms with van der Waals surface area (Å²) in [6.07, 6.45) is 63.5. The van der Waals surface area contributed by atoms with E-state index in [0.29, 0.717) is 25.9 Å². The smallest absolute Gasteiger partial charge is 0.305 e. The maximum Gasteiger partial charge on any atom is 0.305 e. The van der Waals surface area contributed by atoms with E-state index in [0.717, 1.165) is 51.4 Å². The fourth-order valence-corrected chi connectivity index (χ4v) is 9.11.